The summed E-state index contributed by atoms with van der Waals surface area (Å²) >= 11 is 0. The number of furan rings is 1. The van der Waals surface area contributed by atoms with Crippen LogP contribution in [0.1, 0.15) is 46.8 Å². The third kappa shape index (κ3) is 3.39. The van der Waals surface area contributed by atoms with Crippen LogP contribution >= 0.6 is 0 Å². The number of aliphatic hydroxyl groups is 1. The van der Waals surface area contributed by atoms with Crippen molar-refractivity contribution in [3.05, 3.63) is 59.1 Å². The van der Waals surface area contributed by atoms with Gasteiger partial charge < -0.3 is 25.3 Å². The topological polar surface area (TPSA) is 128 Å². The largest absolute Gasteiger partial charge is 0.486 e. The molecule has 8 nitrogen and oxygen atoms in total. The molecule has 4 N–H and O–H groups in total. The molecule has 2 aromatic heterocycles. The van der Waals surface area contributed by atoms with Crippen LogP contribution in [0.25, 0.3) is 11.0 Å². The molecule has 156 valence electrons. The average Bonchev–Trinajstić information content (AvgIpc) is 3.27. The first-order valence-corrected chi connectivity index (χ1v) is 9.69. The lowest BCUT2D eigenvalue weighted by Gasteiger charge is -2.24. The van der Waals surface area contributed by atoms with Crippen molar-refractivity contribution in [3.8, 4) is 5.75 Å². The Morgan fingerprint density at radius 1 is 1.40 bits per heavy atom. The van der Waals surface area contributed by atoms with Crippen molar-refractivity contribution in [3.63, 3.8) is 0 Å². The van der Waals surface area contributed by atoms with E-state index in [4.69, 9.17) is 14.9 Å². The van der Waals surface area contributed by atoms with Crippen molar-refractivity contribution < 1.29 is 23.8 Å². The van der Waals surface area contributed by atoms with Gasteiger partial charge in [-0.3, -0.25) is 14.6 Å². The Hall–Kier alpha value is -3.39. The van der Waals surface area contributed by atoms with Gasteiger partial charge in [-0.25, -0.2) is 0 Å². The molecule has 0 saturated heterocycles. The molecular weight excluding hydrogens is 386 g/mol. The van der Waals surface area contributed by atoms with Gasteiger partial charge in [-0.05, 0) is 51.0 Å². The second-order valence-electron chi connectivity index (χ2n) is 7.68. The van der Waals surface area contributed by atoms with Gasteiger partial charge in [-0.2, -0.15) is 0 Å². The smallest absolute Gasteiger partial charge is 0.256 e. The van der Waals surface area contributed by atoms with Crippen LogP contribution in [0.5, 0.6) is 5.75 Å². The van der Waals surface area contributed by atoms with E-state index in [2.05, 4.69) is 10.3 Å². The number of rotatable bonds is 6. The Kier molecular flexibility index (Phi) is 4.95. The number of nitrogens with one attached hydrogen (secondary N) is 1. The number of aliphatic hydroxyl groups excluding tert-OH is 1. The van der Waals surface area contributed by atoms with Gasteiger partial charge in [-0.1, -0.05) is 6.07 Å². The van der Waals surface area contributed by atoms with Gasteiger partial charge in [0.2, 0.25) is 5.91 Å². The number of hydrogen-bond donors (Lipinski definition) is 3. The van der Waals surface area contributed by atoms with Crippen LogP contribution < -0.4 is 15.8 Å². The van der Waals surface area contributed by atoms with Crippen LogP contribution in [-0.2, 0) is 11.2 Å². The van der Waals surface area contributed by atoms with Gasteiger partial charge in [0, 0.05) is 22.8 Å². The van der Waals surface area contributed by atoms with Gasteiger partial charge in [-0.15, -0.1) is 0 Å². The molecule has 0 fully saturated rings. The molecule has 1 unspecified atom stereocenters. The molecular formula is C22H23N3O5. The summed E-state index contributed by atoms with van der Waals surface area (Å²) in [7, 11) is 0. The van der Waals surface area contributed by atoms with Crippen LogP contribution in [-0.4, -0.2) is 34.1 Å². The van der Waals surface area contributed by atoms with E-state index in [1.54, 1.807) is 31.3 Å². The molecule has 3 aromatic rings. The second-order valence-corrected chi connectivity index (χ2v) is 7.68. The SMILES string of the molecule is Cc1oc2ccc(OC3CCc4ncccc43)cc2c1C(=O)N[C@@](C)(CO)C(N)=O. The summed E-state index contributed by atoms with van der Waals surface area (Å²) < 4.78 is 11.9. The molecule has 0 spiro atoms. The van der Waals surface area contributed by atoms with E-state index in [-0.39, 0.29) is 11.7 Å². The molecule has 1 aliphatic rings. The van der Waals surface area contributed by atoms with E-state index < -0.39 is 24.0 Å². The fourth-order valence-electron chi connectivity index (χ4n) is 3.71. The lowest BCUT2D eigenvalue weighted by atomic mass is 10.0. The third-order valence-corrected chi connectivity index (χ3v) is 5.51. The summed E-state index contributed by atoms with van der Waals surface area (Å²) in [6.07, 6.45) is 3.35. The lowest BCUT2D eigenvalue weighted by molar-refractivity contribution is -0.124. The highest BCUT2D eigenvalue weighted by molar-refractivity contribution is 6.09. The van der Waals surface area contributed by atoms with Crippen molar-refractivity contribution in [2.75, 3.05) is 6.61 Å². The maximum Gasteiger partial charge on any atom is 0.256 e. The fourth-order valence-corrected chi connectivity index (χ4v) is 3.71. The molecule has 0 aliphatic heterocycles. The van der Waals surface area contributed by atoms with Crippen molar-refractivity contribution in [1.82, 2.24) is 10.3 Å². The predicted octanol–water partition coefficient (Wildman–Crippen LogP) is 2.17. The summed E-state index contributed by atoms with van der Waals surface area (Å²) in [6.45, 7) is 2.41. The highest BCUT2D eigenvalue weighted by atomic mass is 16.5. The molecule has 4 rings (SSSR count). The van der Waals surface area contributed by atoms with Gasteiger partial charge in [0.15, 0.2) is 0 Å². The zero-order valence-electron chi connectivity index (χ0n) is 16.8. The van der Waals surface area contributed by atoms with Crippen molar-refractivity contribution in [2.45, 2.75) is 38.3 Å². The van der Waals surface area contributed by atoms with Gasteiger partial charge in [0.05, 0.1) is 12.2 Å². The predicted molar refractivity (Wildman–Crippen MR) is 109 cm³/mol. The standard InChI is InChI=1S/C22H23N3O5/c1-12-19(20(27)25-22(2,11-26)21(23)28)15-10-13(5-7-18(15)29-12)30-17-8-6-16-14(17)4-3-9-24-16/h3-5,7,9-10,17,26H,6,8,11H2,1-2H3,(H2,23,28)(H,25,27)/t17?,22-/m0/s1. The zero-order valence-corrected chi connectivity index (χ0v) is 16.8. The maximum absolute atomic E-state index is 12.9. The Morgan fingerprint density at radius 3 is 2.93 bits per heavy atom. The average molecular weight is 409 g/mol. The minimum atomic E-state index is -1.58. The number of ether oxygens (including phenoxy) is 1. The zero-order chi connectivity index (χ0) is 21.5. The van der Waals surface area contributed by atoms with E-state index in [1.165, 1.54) is 6.92 Å². The van der Waals surface area contributed by atoms with Crippen LogP contribution in [0.2, 0.25) is 0 Å². The Bertz CT molecular complexity index is 1140. The maximum atomic E-state index is 12.9. The highest BCUT2D eigenvalue weighted by Crippen LogP contribution is 2.36. The number of aromatic nitrogens is 1. The molecule has 0 bridgehead atoms. The third-order valence-electron chi connectivity index (χ3n) is 5.51. The molecule has 2 amide bonds. The van der Waals surface area contributed by atoms with Crippen molar-refractivity contribution in [2.24, 2.45) is 5.73 Å². The molecule has 2 heterocycles. The van der Waals surface area contributed by atoms with E-state index in [0.717, 1.165) is 24.1 Å². The van der Waals surface area contributed by atoms with Crippen LogP contribution in [0, 0.1) is 6.92 Å². The minimum absolute atomic E-state index is 0.107. The molecule has 0 saturated carbocycles. The van der Waals surface area contributed by atoms with Gasteiger partial charge in [0.25, 0.3) is 5.91 Å². The van der Waals surface area contributed by atoms with Crippen molar-refractivity contribution in [1.29, 1.82) is 0 Å². The molecule has 0 radical (unpaired) electrons. The Morgan fingerprint density at radius 2 is 2.20 bits per heavy atom. The summed E-state index contributed by atoms with van der Waals surface area (Å²) in [5.74, 6) is -0.408. The summed E-state index contributed by atoms with van der Waals surface area (Å²) in [5.41, 5.74) is 6.64. The summed E-state index contributed by atoms with van der Waals surface area (Å²) in [5, 5.41) is 12.6. The number of amides is 2. The molecule has 8 heteroatoms. The Labute approximate surface area is 173 Å². The van der Waals surface area contributed by atoms with Crippen LogP contribution in [0.3, 0.4) is 0 Å². The van der Waals surface area contributed by atoms with E-state index in [1.807, 2.05) is 12.1 Å². The van der Waals surface area contributed by atoms with Crippen LogP contribution in [0.4, 0.5) is 0 Å². The number of aryl methyl sites for hydroxylation is 2. The number of hydrogen-bond acceptors (Lipinski definition) is 6. The molecule has 30 heavy (non-hydrogen) atoms. The quantitative estimate of drug-likeness (QED) is 0.572. The Balaban J connectivity index is 1.65. The number of nitrogens with zero attached hydrogens (tertiary/aromatic N) is 1. The van der Waals surface area contributed by atoms with E-state index >= 15 is 0 Å². The first kappa shape index (κ1) is 19.9. The molecule has 1 aromatic carbocycles. The number of pyridine rings is 1. The second kappa shape index (κ2) is 7.46. The number of benzene rings is 1. The molecule has 1 aliphatic carbocycles. The minimum Gasteiger partial charge on any atom is -0.486 e. The van der Waals surface area contributed by atoms with Gasteiger partial charge in [0.1, 0.15) is 28.7 Å². The van der Waals surface area contributed by atoms with E-state index in [0.29, 0.717) is 22.5 Å². The summed E-state index contributed by atoms with van der Waals surface area (Å²) in [6, 6.07) is 9.19. The van der Waals surface area contributed by atoms with Crippen LogP contribution in [0.15, 0.2) is 40.9 Å². The number of primary amides is 1. The monoisotopic (exact) mass is 409 g/mol. The number of nitrogens with two attached hydrogens (primary N) is 1. The number of carbonyl (C=O) groups is 2. The fraction of sp³-hybridized carbons (Fsp3) is 0.318. The number of carbonyl (C=O) groups excluding carboxylic acids is 2. The highest BCUT2D eigenvalue weighted by Gasteiger charge is 2.34. The normalized spacial score (nSPS) is 17.4. The van der Waals surface area contributed by atoms with E-state index in [9.17, 15) is 14.7 Å². The first-order chi connectivity index (χ1) is 14.3. The van der Waals surface area contributed by atoms with Gasteiger partial charge >= 0.3 is 0 Å². The van der Waals surface area contributed by atoms with Crippen molar-refractivity contribution >= 4 is 22.8 Å². The summed E-state index contributed by atoms with van der Waals surface area (Å²) in [4.78, 5) is 28.9. The lowest BCUT2D eigenvalue weighted by Crippen LogP contribution is -2.57. The molecule has 2 atom stereocenters. The first-order valence-electron chi connectivity index (χ1n) is 9.69. The number of fused-ring (bicyclic) bond motifs is 2.